The third kappa shape index (κ3) is 6.01. The van der Waals surface area contributed by atoms with Crippen LogP contribution in [0.15, 0.2) is 107 Å². The Bertz CT molecular complexity index is 2080. The lowest BCUT2D eigenvalue weighted by Crippen LogP contribution is -2.27. The summed E-state index contributed by atoms with van der Waals surface area (Å²) in [6.45, 7) is 0. The zero-order valence-corrected chi connectivity index (χ0v) is 24.2. The van der Waals surface area contributed by atoms with Gasteiger partial charge in [0, 0.05) is 35.5 Å². The van der Waals surface area contributed by atoms with E-state index in [0.717, 1.165) is 17.4 Å². The Labute approximate surface area is 250 Å². The van der Waals surface area contributed by atoms with Crippen molar-refractivity contribution in [1.82, 2.24) is 34.7 Å². The van der Waals surface area contributed by atoms with E-state index in [1.54, 1.807) is 65.5 Å². The Morgan fingerprint density at radius 1 is 0.977 bits per heavy atom. The van der Waals surface area contributed by atoms with Gasteiger partial charge in [0.25, 0.3) is 5.56 Å². The molecule has 0 bridgehead atoms. The van der Waals surface area contributed by atoms with Crippen LogP contribution in [0.3, 0.4) is 0 Å². The van der Waals surface area contributed by atoms with Gasteiger partial charge in [-0.15, -0.1) is 5.10 Å². The van der Waals surface area contributed by atoms with Gasteiger partial charge in [-0.1, -0.05) is 35.9 Å². The van der Waals surface area contributed by atoms with Crippen LogP contribution in [0.4, 0.5) is 4.39 Å². The maximum atomic E-state index is 13.7. The molecule has 0 saturated heterocycles. The number of pyridine rings is 1. The van der Waals surface area contributed by atoms with Crippen molar-refractivity contribution in [2.45, 2.75) is 17.4 Å². The van der Waals surface area contributed by atoms with Gasteiger partial charge in [-0.25, -0.2) is 17.8 Å². The van der Waals surface area contributed by atoms with E-state index in [1.807, 2.05) is 0 Å². The number of sulfone groups is 1. The van der Waals surface area contributed by atoms with E-state index in [1.165, 1.54) is 41.3 Å². The number of nitrogens with zero attached hydrogens (tertiary/aromatic N) is 6. The van der Waals surface area contributed by atoms with Crippen LogP contribution in [0.2, 0.25) is 5.02 Å². The summed E-state index contributed by atoms with van der Waals surface area (Å²) in [4.78, 5) is 21.8. The van der Waals surface area contributed by atoms with Gasteiger partial charge in [-0.2, -0.15) is 4.68 Å². The molecule has 6 aromatic rings. The number of aromatic nitrogens is 7. The van der Waals surface area contributed by atoms with Crippen LogP contribution in [-0.2, 0) is 16.3 Å². The van der Waals surface area contributed by atoms with Crippen molar-refractivity contribution >= 4 is 21.4 Å². The van der Waals surface area contributed by atoms with Crippen LogP contribution in [0.1, 0.15) is 17.4 Å². The summed E-state index contributed by atoms with van der Waals surface area (Å²) in [7, 11) is -3.34. The zero-order valence-electron chi connectivity index (χ0n) is 22.6. The monoisotopic (exact) mass is 615 g/mol. The first-order chi connectivity index (χ1) is 20.7. The van der Waals surface area contributed by atoms with Gasteiger partial charge in [-0.05, 0) is 75.6 Å². The predicted octanol–water partition coefficient (Wildman–Crippen LogP) is 4.91. The molecular weight excluding hydrogens is 593 g/mol. The lowest BCUT2D eigenvalue weighted by molar-refractivity contribution is 0.536. The maximum Gasteiger partial charge on any atom is 0.251 e. The molecule has 0 aliphatic rings. The lowest BCUT2D eigenvalue weighted by atomic mass is 10.0. The van der Waals surface area contributed by atoms with Gasteiger partial charge in [0.05, 0.1) is 28.5 Å². The first-order valence-electron chi connectivity index (χ1n) is 13.0. The van der Waals surface area contributed by atoms with Gasteiger partial charge in [0.2, 0.25) is 0 Å². The second-order valence-corrected chi connectivity index (χ2v) is 12.4. The molecule has 1 N–H and O–H groups in total. The second-order valence-electron chi connectivity index (χ2n) is 9.90. The minimum atomic E-state index is -3.34. The van der Waals surface area contributed by atoms with Crippen molar-refractivity contribution < 1.29 is 12.8 Å². The molecule has 10 nitrogen and oxygen atoms in total. The number of hydrogen-bond donors (Lipinski definition) is 1. The third-order valence-electron chi connectivity index (χ3n) is 7.00. The fourth-order valence-corrected chi connectivity index (χ4v) is 5.63. The van der Waals surface area contributed by atoms with E-state index in [0.29, 0.717) is 39.8 Å². The highest BCUT2D eigenvalue weighted by Gasteiger charge is 2.21. The lowest BCUT2D eigenvalue weighted by Gasteiger charge is -2.19. The van der Waals surface area contributed by atoms with Gasteiger partial charge >= 0.3 is 0 Å². The predicted molar refractivity (Wildman–Crippen MR) is 159 cm³/mol. The number of aromatic amines is 1. The molecule has 13 heteroatoms. The number of nitrogens with one attached hydrogen (secondary N) is 1. The molecule has 3 aromatic heterocycles. The Morgan fingerprint density at radius 2 is 1.74 bits per heavy atom. The highest BCUT2D eigenvalue weighted by molar-refractivity contribution is 7.90. The minimum absolute atomic E-state index is 0.208. The molecule has 3 heterocycles. The van der Waals surface area contributed by atoms with Crippen LogP contribution in [0.5, 0.6) is 0 Å². The van der Waals surface area contributed by atoms with Crippen molar-refractivity contribution in [3.05, 3.63) is 130 Å². The highest BCUT2D eigenvalue weighted by atomic mass is 35.5. The summed E-state index contributed by atoms with van der Waals surface area (Å²) < 4.78 is 40.5. The normalized spacial score (nSPS) is 12.3. The fourth-order valence-electron chi connectivity index (χ4n) is 4.83. The van der Waals surface area contributed by atoms with Crippen LogP contribution < -0.4 is 5.56 Å². The summed E-state index contributed by atoms with van der Waals surface area (Å²) in [5, 5.41) is 11.9. The summed E-state index contributed by atoms with van der Waals surface area (Å²) in [5.74, 6) is 0.137. The molecule has 0 amide bonds. The molecule has 1 atom stereocenters. The first-order valence-corrected chi connectivity index (χ1v) is 15.3. The van der Waals surface area contributed by atoms with E-state index in [-0.39, 0.29) is 16.3 Å². The molecule has 0 saturated carbocycles. The van der Waals surface area contributed by atoms with E-state index in [2.05, 4.69) is 25.5 Å². The van der Waals surface area contributed by atoms with E-state index in [4.69, 9.17) is 11.6 Å². The summed E-state index contributed by atoms with van der Waals surface area (Å²) >= 11 is 6.30. The number of hydrogen-bond acceptors (Lipinski definition) is 7. The van der Waals surface area contributed by atoms with Crippen molar-refractivity contribution in [2.75, 3.05) is 6.26 Å². The standard InChI is InChI=1S/C30H23ClFN7O3S/c1-43(41,42)24-9-4-20(5-10-24)26-17-33-30(35-26)28(14-19-2-7-23(32)8-3-19)38-13-12-21(15-29(38)40)25-16-22(31)6-11-27(25)39-18-34-36-37-39/h2-13,15-18,28H,14H2,1H3,(H,33,35). The van der Waals surface area contributed by atoms with Crippen molar-refractivity contribution in [3.8, 4) is 28.1 Å². The molecule has 3 aromatic carbocycles. The maximum absolute atomic E-state index is 13.7. The summed E-state index contributed by atoms with van der Waals surface area (Å²) in [6, 6.07) is 20.5. The van der Waals surface area contributed by atoms with E-state index < -0.39 is 15.9 Å². The molecule has 1 unspecified atom stereocenters. The average Bonchev–Trinajstić information content (AvgIpc) is 3.70. The smallest absolute Gasteiger partial charge is 0.251 e. The highest BCUT2D eigenvalue weighted by Crippen LogP contribution is 2.30. The molecule has 0 fully saturated rings. The van der Waals surface area contributed by atoms with Crippen LogP contribution in [-0.4, -0.2) is 49.4 Å². The molecule has 0 aliphatic heterocycles. The number of imidazole rings is 1. The molecule has 0 radical (unpaired) electrons. The van der Waals surface area contributed by atoms with Crippen LogP contribution in [0, 0.1) is 5.82 Å². The average molecular weight is 616 g/mol. The molecular formula is C30H23ClFN7O3S. The zero-order chi connectivity index (χ0) is 30.1. The number of rotatable bonds is 8. The number of tetrazole rings is 1. The molecule has 43 heavy (non-hydrogen) atoms. The fraction of sp³-hybridized carbons (Fsp3) is 0.100. The summed E-state index contributed by atoms with van der Waals surface area (Å²) in [5.41, 5.74) is 3.79. The van der Waals surface area contributed by atoms with Gasteiger partial charge in [0.1, 0.15) is 18.0 Å². The van der Waals surface area contributed by atoms with Gasteiger partial charge in [-0.3, -0.25) is 4.79 Å². The Hall–Kier alpha value is -4.94. The molecule has 0 spiro atoms. The summed E-state index contributed by atoms with van der Waals surface area (Å²) in [6.07, 6.45) is 6.26. The minimum Gasteiger partial charge on any atom is -0.340 e. The van der Waals surface area contributed by atoms with E-state index >= 15 is 0 Å². The number of H-pyrrole nitrogens is 1. The SMILES string of the molecule is CS(=O)(=O)c1ccc(-c2cnc(C(Cc3ccc(F)cc3)n3ccc(-c4cc(Cl)ccc4-n4cnnn4)cc3=O)[nH]2)cc1. The van der Waals surface area contributed by atoms with Gasteiger partial charge < -0.3 is 9.55 Å². The van der Waals surface area contributed by atoms with Crippen molar-refractivity contribution in [1.29, 1.82) is 0 Å². The Kier molecular flexibility index (Phi) is 7.46. The first kappa shape index (κ1) is 28.2. The van der Waals surface area contributed by atoms with Crippen molar-refractivity contribution in [3.63, 3.8) is 0 Å². The largest absolute Gasteiger partial charge is 0.340 e. The Balaban J connectivity index is 1.40. The second kappa shape index (κ2) is 11.4. The van der Waals surface area contributed by atoms with Crippen LogP contribution in [0.25, 0.3) is 28.1 Å². The molecule has 216 valence electrons. The van der Waals surface area contributed by atoms with Crippen LogP contribution >= 0.6 is 11.6 Å². The molecule has 6 rings (SSSR count). The Morgan fingerprint density at radius 3 is 2.42 bits per heavy atom. The topological polar surface area (TPSA) is 128 Å². The van der Waals surface area contributed by atoms with E-state index in [9.17, 15) is 17.6 Å². The number of benzene rings is 3. The quantitative estimate of drug-likeness (QED) is 0.258. The van der Waals surface area contributed by atoms with Gasteiger partial charge in [0.15, 0.2) is 9.84 Å². The third-order valence-corrected chi connectivity index (χ3v) is 8.36. The van der Waals surface area contributed by atoms with Crippen molar-refractivity contribution in [2.24, 2.45) is 0 Å². The number of halogens is 2. The molecule has 0 aliphatic carbocycles.